The Morgan fingerprint density at radius 1 is 0.939 bits per heavy atom. The summed E-state index contributed by atoms with van der Waals surface area (Å²) in [5, 5.41) is 0.755. The van der Waals surface area contributed by atoms with Gasteiger partial charge in [0.25, 0.3) is 0 Å². The number of anilines is 1. The van der Waals surface area contributed by atoms with Gasteiger partial charge in [0.1, 0.15) is 0 Å². The summed E-state index contributed by atoms with van der Waals surface area (Å²) >= 11 is 12.2. The van der Waals surface area contributed by atoms with Gasteiger partial charge in [0, 0.05) is 42.2 Å². The minimum Gasteiger partial charge on any atom is -0.308 e. The molecule has 0 aliphatic carbocycles. The van der Waals surface area contributed by atoms with Crippen LogP contribution in [-0.4, -0.2) is 48.5 Å². The van der Waals surface area contributed by atoms with E-state index in [9.17, 15) is 18.0 Å². The first-order valence-electron chi connectivity index (χ1n) is 9.66. The lowest BCUT2D eigenvalue weighted by Crippen LogP contribution is -2.32. The maximum atomic E-state index is 13.2. The normalized spacial score (nSPS) is 11.4. The van der Waals surface area contributed by atoms with Crippen molar-refractivity contribution in [2.45, 2.75) is 17.9 Å². The van der Waals surface area contributed by atoms with E-state index in [2.05, 4.69) is 9.97 Å². The second-order valence-corrected chi connectivity index (χ2v) is 10.2. The zero-order valence-corrected chi connectivity index (χ0v) is 20.1. The fourth-order valence-electron chi connectivity index (χ4n) is 2.99. The zero-order chi connectivity index (χ0) is 24.2. The molecule has 33 heavy (non-hydrogen) atoms. The molecular formula is C22H20Cl2N4O4S. The molecule has 0 saturated heterocycles. The van der Waals surface area contributed by atoms with Gasteiger partial charge in [0.05, 0.1) is 17.9 Å². The van der Waals surface area contributed by atoms with Crippen molar-refractivity contribution >= 4 is 50.6 Å². The van der Waals surface area contributed by atoms with Crippen LogP contribution in [0.5, 0.6) is 0 Å². The smallest absolute Gasteiger partial charge is 0.242 e. The van der Waals surface area contributed by atoms with Crippen molar-refractivity contribution in [3.05, 3.63) is 82.4 Å². The number of halogens is 2. The molecule has 0 bridgehead atoms. The topological polar surface area (TPSA) is 101 Å². The maximum Gasteiger partial charge on any atom is 0.242 e. The Morgan fingerprint density at radius 2 is 1.58 bits per heavy atom. The number of ketones is 1. The zero-order valence-electron chi connectivity index (χ0n) is 17.8. The quantitative estimate of drug-likeness (QED) is 0.339. The summed E-state index contributed by atoms with van der Waals surface area (Å²) in [6.07, 6.45) is 2.31. The van der Waals surface area contributed by atoms with Crippen LogP contribution in [0.1, 0.15) is 22.6 Å². The van der Waals surface area contributed by atoms with Crippen molar-refractivity contribution < 1.29 is 18.0 Å². The number of carbonyl (C=O) groups excluding carboxylic acids is 2. The number of hydrogen-bond donors (Lipinski definition) is 0. The van der Waals surface area contributed by atoms with E-state index in [1.165, 1.54) is 49.6 Å². The van der Waals surface area contributed by atoms with Crippen LogP contribution in [0.15, 0.2) is 65.8 Å². The second-order valence-electron chi connectivity index (χ2n) is 7.21. The van der Waals surface area contributed by atoms with Gasteiger partial charge in [0.2, 0.25) is 21.7 Å². The number of carbonyl (C=O) groups is 2. The number of benzene rings is 2. The van der Waals surface area contributed by atoms with Crippen molar-refractivity contribution in [1.82, 2.24) is 14.3 Å². The molecule has 0 aliphatic rings. The molecule has 172 valence electrons. The minimum absolute atomic E-state index is 0.00430. The standard InChI is InChI=1S/C22H20Cl2N4O4S/c1-27(2)33(31,32)19-6-3-5-18(12-19)28(14-15-9-16(23)11-17(24)10-15)21(30)13-20(29)22-25-7-4-8-26-22/h3-12H,13-14H2,1-2H3. The Balaban J connectivity index is 2.00. The van der Waals surface area contributed by atoms with E-state index in [0.717, 1.165) is 4.31 Å². The predicted octanol–water partition coefficient (Wildman–Crippen LogP) is 3.84. The van der Waals surface area contributed by atoms with E-state index < -0.39 is 28.1 Å². The summed E-state index contributed by atoms with van der Waals surface area (Å²) in [5.41, 5.74) is 0.894. The fraction of sp³-hybridized carbons (Fsp3) is 0.182. The number of nitrogens with zero attached hydrogens (tertiary/aromatic N) is 4. The lowest BCUT2D eigenvalue weighted by Gasteiger charge is -2.24. The Bertz CT molecular complexity index is 1260. The molecular weight excluding hydrogens is 487 g/mol. The third-order valence-electron chi connectivity index (χ3n) is 4.60. The Kier molecular flexibility index (Phi) is 7.80. The molecule has 8 nitrogen and oxygen atoms in total. The van der Waals surface area contributed by atoms with E-state index in [1.807, 2.05) is 0 Å². The molecule has 0 atom stereocenters. The summed E-state index contributed by atoms with van der Waals surface area (Å²) in [4.78, 5) is 34.8. The summed E-state index contributed by atoms with van der Waals surface area (Å²) in [7, 11) is -0.917. The second kappa shape index (κ2) is 10.4. The molecule has 3 aromatic rings. The van der Waals surface area contributed by atoms with Gasteiger partial charge in [-0.05, 0) is 48.0 Å². The van der Waals surface area contributed by atoms with Crippen LogP contribution in [0.25, 0.3) is 0 Å². The van der Waals surface area contributed by atoms with Crippen molar-refractivity contribution in [1.29, 1.82) is 0 Å². The lowest BCUT2D eigenvalue weighted by molar-refractivity contribution is -0.117. The molecule has 1 amide bonds. The van der Waals surface area contributed by atoms with Crippen LogP contribution in [0, 0.1) is 0 Å². The number of aromatic nitrogens is 2. The van der Waals surface area contributed by atoms with Crippen molar-refractivity contribution in [2.24, 2.45) is 0 Å². The summed E-state index contributed by atoms with van der Waals surface area (Å²) in [5.74, 6) is -1.21. The molecule has 0 spiro atoms. The van der Waals surface area contributed by atoms with E-state index in [1.54, 1.807) is 30.3 Å². The highest BCUT2D eigenvalue weighted by Gasteiger charge is 2.24. The molecule has 11 heteroatoms. The largest absolute Gasteiger partial charge is 0.308 e. The van der Waals surface area contributed by atoms with Gasteiger partial charge < -0.3 is 4.90 Å². The average Bonchev–Trinajstić information content (AvgIpc) is 2.77. The molecule has 0 fully saturated rings. The molecule has 0 unspecified atom stereocenters. The number of amides is 1. The van der Waals surface area contributed by atoms with Gasteiger partial charge in [-0.25, -0.2) is 22.7 Å². The summed E-state index contributed by atoms with van der Waals surface area (Å²) in [6, 6.07) is 12.3. The molecule has 0 aliphatic heterocycles. The van der Waals surface area contributed by atoms with Gasteiger partial charge in [0.15, 0.2) is 5.82 Å². The third kappa shape index (κ3) is 6.14. The molecule has 1 aromatic heterocycles. The van der Waals surface area contributed by atoms with E-state index in [4.69, 9.17) is 23.2 Å². The Morgan fingerprint density at radius 3 is 2.18 bits per heavy atom. The Labute approximate surface area is 201 Å². The van der Waals surface area contributed by atoms with Gasteiger partial charge in [-0.3, -0.25) is 9.59 Å². The molecule has 0 radical (unpaired) electrons. The van der Waals surface area contributed by atoms with Crippen molar-refractivity contribution in [3.63, 3.8) is 0 Å². The highest BCUT2D eigenvalue weighted by molar-refractivity contribution is 7.89. The SMILES string of the molecule is CN(C)S(=O)(=O)c1cccc(N(Cc2cc(Cl)cc(Cl)c2)C(=O)CC(=O)c2ncccn2)c1. The first-order valence-corrected chi connectivity index (χ1v) is 11.9. The van der Waals surface area contributed by atoms with Crippen LogP contribution < -0.4 is 4.90 Å². The number of hydrogen-bond acceptors (Lipinski definition) is 6. The number of rotatable bonds is 8. The summed E-state index contributed by atoms with van der Waals surface area (Å²) < 4.78 is 26.3. The predicted molar refractivity (Wildman–Crippen MR) is 126 cm³/mol. The molecule has 3 rings (SSSR count). The van der Waals surface area contributed by atoms with Crippen LogP contribution in [0.2, 0.25) is 10.0 Å². The molecule has 1 heterocycles. The first-order chi connectivity index (χ1) is 15.6. The van der Waals surface area contributed by atoms with Crippen LogP contribution >= 0.6 is 23.2 Å². The highest BCUT2D eigenvalue weighted by Crippen LogP contribution is 2.26. The number of Topliss-reactive ketones (excluding diaryl/α,β-unsaturated/α-hetero) is 1. The van der Waals surface area contributed by atoms with Crippen LogP contribution in [0.3, 0.4) is 0 Å². The van der Waals surface area contributed by atoms with Gasteiger partial charge in [-0.1, -0.05) is 29.3 Å². The van der Waals surface area contributed by atoms with E-state index >= 15 is 0 Å². The van der Waals surface area contributed by atoms with Gasteiger partial charge in [-0.2, -0.15) is 0 Å². The maximum absolute atomic E-state index is 13.2. The summed E-state index contributed by atoms with van der Waals surface area (Å²) in [6.45, 7) is 0.00745. The Hall–Kier alpha value is -2.85. The van der Waals surface area contributed by atoms with Crippen LogP contribution in [-0.2, 0) is 21.4 Å². The monoisotopic (exact) mass is 506 g/mol. The molecule has 2 aromatic carbocycles. The molecule has 0 saturated carbocycles. The van der Waals surface area contributed by atoms with E-state index in [-0.39, 0.29) is 17.3 Å². The van der Waals surface area contributed by atoms with Crippen molar-refractivity contribution in [2.75, 3.05) is 19.0 Å². The fourth-order valence-corrected chi connectivity index (χ4v) is 4.50. The lowest BCUT2D eigenvalue weighted by atomic mass is 10.1. The average molecular weight is 507 g/mol. The first kappa shape index (κ1) is 24.8. The minimum atomic E-state index is -3.74. The van der Waals surface area contributed by atoms with Gasteiger partial charge >= 0.3 is 0 Å². The van der Waals surface area contributed by atoms with Crippen molar-refractivity contribution in [3.8, 4) is 0 Å². The third-order valence-corrected chi connectivity index (χ3v) is 6.85. The van der Waals surface area contributed by atoms with Gasteiger partial charge in [-0.15, -0.1) is 0 Å². The van der Waals surface area contributed by atoms with E-state index in [0.29, 0.717) is 21.3 Å². The number of sulfonamides is 1. The molecule has 0 N–H and O–H groups in total. The highest BCUT2D eigenvalue weighted by atomic mass is 35.5. The van der Waals surface area contributed by atoms with Crippen LogP contribution in [0.4, 0.5) is 5.69 Å².